The van der Waals surface area contributed by atoms with Crippen LogP contribution in [0.3, 0.4) is 0 Å². The first-order chi connectivity index (χ1) is 12.5. The summed E-state index contributed by atoms with van der Waals surface area (Å²) < 4.78 is 32.9. The van der Waals surface area contributed by atoms with Gasteiger partial charge >= 0.3 is 0 Å². The predicted octanol–water partition coefficient (Wildman–Crippen LogP) is 0.968. The fourth-order valence-electron chi connectivity index (χ4n) is 3.47. The monoisotopic (exact) mass is 381 g/mol. The molecule has 1 aromatic carbocycles. The zero-order valence-electron chi connectivity index (χ0n) is 15.1. The van der Waals surface area contributed by atoms with Crippen molar-refractivity contribution in [2.75, 3.05) is 32.8 Å². The Kier molecular flexibility index (Phi) is 6.29. The molecule has 1 amide bonds. The Bertz CT molecular complexity index is 724. The summed E-state index contributed by atoms with van der Waals surface area (Å²) in [6.07, 6.45) is 2.41. The lowest BCUT2D eigenvalue weighted by atomic mass is 10.1. The van der Waals surface area contributed by atoms with Crippen LogP contribution in [0, 0.1) is 0 Å². The molecule has 2 saturated heterocycles. The zero-order valence-corrected chi connectivity index (χ0v) is 15.9. The van der Waals surface area contributed by atoms with Crippen LogP contribution in [0.15, 0.2) is 29.2 Å². The van der Waals surface area contributed by atoms with Gasteiger partial charge in [0.05, 0.1) is 11.0 Å². The van der Waals surface area contributed by atoms with Gasteiger partial charge in [-0.15, -0.1) is 0 Å². The van der Waals surface area contributed by atoms with E-state index in [1.165, 1.54) is 10.4 Å². The van der Waals surface area contributed by atoms with Crippen LogP contribution < -0.4 is 10.6 Å². The van der Waals surface area contributed by atoms with E-state index >= 15 is 0 Å². The lowest BCUT2D eigenvalue weighted by Gasteiger charge is -2.31. The van der Waals surface area contributed by atoms with Gasteiger partial charge in [-0.3, -0.25) is 4.79 Å². The number of rotatable bonds is 6. The molecular weight excluding hydrogens is 354 g/mol. The third-order valence-electron chi connectivity index (χ3n) is 4.93. The first-order valence-electron chi connectivity index (χ1n) is 9.24. The number of hydrogen-bond acceptors (Lipinski definition) is 5. The SMILES string of the molecule is CCOC1CCN(S(=O)(=O)c2cccc(C(=O)N[C@@H]3CCNC3)c2)CC1. The van der Waals surface area contributed by atoms with Crippen LogP contribution in [0.2, 0.25) is 0 Å². The molecule has 0 saturated carbocycles. The van der Waals surface area contributed by atoms with Gasteiger partial charge in [-0.05, 0) is 50.9 Å². The van der Waals surface area contributed by atoms with Crippen molar-refractivity contribution in [1.29, 1.82) is 0 Å². The minimum absolute atomic E-state index is 0.0976. The molecule has 144 valence electrons. The molecule has 2 aliphatic heterocycles. The number of piperidine rings is 1. The normalized spacial score (nSPS) is 22.4. The molecule has 0 spiro atoms. The van der Waals surface area contributed by atoms with E-state index in [9.17, 15) is 13.2 Å². The van der Waals surface area contributed by atoms with Gasteiger partial charge in [0.1, 0.15) is 0 Å². The van der Waals surface area contributed by atoms with Crippen molar-refractivity contribution < 1.29 is 17.9 Å². The summed E-state index contributed by atoms with van der Waals surface area (Å²) in [5.74, 6) is -0.231. The summed E-state index contributed by atoms with van der Waals surface area (Å²) in [7, 11) is -3.60. The summed E-state index contributed by atoms with van der Waals surface area (Å²) in [5.41, 5.74) is 0.377. The highest BCUT2D eigenvalue weighted by atomic mass is 32.2. The second-order valence-electron chi connectivity index (χ2n) is 6.75. The number of carbonyl (C=O) groups is 1. The van der Waals surface area contributed by atoms with Crippen LogP contribution in [0.4, 0.5) is 0 Å². The van der Waals surface area contributed by atoms with E-state index in [1.807, 2.05) is 6.92 Å². The Labute approximate surface area is 155 Å². The summed E-state index contributed by atoms with van der Waals surface area (Å²) in [6.45, 7) is 5.11. The van der Waals surface area contributed by atoms with Gasteiger partial charge in [0.2, 0.25) is 10.0 Å². The van der Waals surface area contributed by atoms with Crippen molar-refractivity contribution in [2.24, 2.45) is 0 Å². The lowest BCUT2D eigenvalue weighted by molar-refractivity contribution is 0.0290. The lowest BCUT2D eigenvalue weighted by Crippen LogP contribution is -2.41. The second-order valence-corrected chi connectivity index (χ2v) is 8.69. The second kappa shape index (κ2) is 8.47. The molecular formula is C18H27N3O4S. The average molecular weight is 381 g/mol. The van der Waals surface area contributed by atoms with E-state index in [1.54, 1.807) is 18.2 Å². The smallest absolute Gasteiger partial charge is 0.251 e. The number of hydrogen-bond donors (Lipinski definition) is 2. The Hall–Kier alpha value is -1.48. The van der Waals surface area contributed by atoms with Crippen LogP contribution in [-0.4, -0.2) is 63.6 Å². The molecule has 0 bridgehead atoms. The van der Waals surface area contributed by atoms with Gasteiger partial charge in [0.25, 0.3) is 5.91 Å². The number of benzene rings is 1. The molecule has 26 heavy (non-hydrogen) atoms. The minimum Gasteiger partial charge on any atom is -0.378 e. The third kappa shape index (κ3) is 4.43. The summed E-state index contributed by atoms with van der Waals surface area (Å²) in [5, 5.41) is 6.14. The quantitative estimate of drug-likeness (QED) is 0.767. The third-order valence-corrected chi connectivity index (χ3v) is 6.83. The van der Waals surface area contributed by atoms with Crippen molar-refractivity contribution in [3.05, 3.63) is 29.8 Å². The summed E-state index contributed by atoms with van der Waals surface area (Å²) in [6, 6.07) is 6.40. The van der Waals surface area contributed by atoms with Crippen molar-refractivity contribution in [3.63, 3.8) is 0 Å². The highest BCUT2D eigenvalue weighted by Crippen LogP contribution is 2.23. The van der Waals surface area contributed by atoms with Crippen molar-refractivity contribution >= 4 is 15.9 Å². The summed E-state index contributed by atoms with van der Waals surface area (Å²) >= 11 is 0. The Morgan fingerprint density at radius 3 is 2.73 bits per heavy atom. The van der Waals surface area contributed by atoms with Crippen LogP contribution in [0.5, 0.6) is 0 Å². The van der Waals surface area contributed by atoms with Crippen molar-refractivity contribution in [1.82, 2.24) is 14.9 Å². The number of sulfonamides is 1. The standard InChI is InChI=1S/C18H27N3O4S/c1-2-25-16-7-10-21(11-8-16)26(23,24)17-5-3-4-14(12-17)18(22)20-15-6-9-19-13-15/h3-5,12,15-16,19H,2,6-11,13H2,1H3,(H,20,22)/t15-/m1/s1. The largest absolute Gasteiger partial charge is 0.378 e. The minimum atomic E-state index is -3.60. The maximum atomic E-state index is 12.9. The van der Waals surface area contributed by atoms with Gasteiger partial charge in [-0.25, -0.2) is 8.42 Å². The first kappa shape index (κ1) is 19.3. The van der Waals surface area contributed by atoms with Crippen LogP contribution in [0.25, 0.3) is 0 Å². The maximum Gasteiger partial charge on any atom is 0.251 e. The van der Waals surface area contributed by atoms with E-state index in [4.69, 9.17) is 4.74 Å². The Balaban J connectivity index is 1.69. The summed E-state index contributed by atoms with van der Waals surface area (Å²) in [4.78, 5) is 12.6. The molecule has 8 heteroatoms. The van der Waals surface area contributed by atoms with E-state index in [0.717, 1.165) is 19.5 Å². The van der Waals surface area contributed by atoms with Crippen LogP contribution >= 0.6 is 0 Å². The van der Waals surface area contributed by atoms with Crippen LogP contribution in [-0.2, 0) is 14.8 Å². The Morgan fingerprint density at radius 1 is 1.31 bits per heavy atom. The maximum absolute atomic E-state index is 12.9. The molecule has 0 radical (unpaired) electrons. The number of carbonyl (C=O) groups excluding carboxylic acids is 1. The fourth-order valence-corrected chi connectivity index (χ4v) is 4.98. The predicted molar refractivity (Wildman–Crippen MR) is 98.6 cm³/mol. The topological polar surface area (TPSA) is 87.7 Å². The molecule has 2 N–H and O–H groups in total. The van der Waals surface area contributed by atoms with E-state index in [0.29, 0.717) is 38.1 Å². The zero-order chi connectivity index (χ0) is 18.6. The van der Waals surface area contributed by atoms with E-state index in [-0.39, 0.29) is 22.9 Å². The Morgan fingerprint density at radius 2 is 2.08 bits per heavy atom. The molecule has 2 aliphatic rings. The molecule has 1 atom stereocenters. The molecule has 7 nitrogen and oxygen atoms in total. The highest BCUT2D eigenvalue weighted by molar-refractivity contribution is 7.89. The molecule has 3 rings (SSSR count). The number of nitrogens with zero attached hydrogens (tertiary/aromatic N) is 1. The van der Waals surface area contributed by atoms with Gasteiger partial charge in [0.15, 0.2) is 0 Å². The molecule has 0 aliphatic carbocycles. The molecule has 1 aromatic rings. The fraction of sp³-hybridized carbons (Fsp3) is 0.611. The van der Waals surface area contributed by atoms with Crippen molar-refractivity contribution in [3.8, 4) is 0 Å². The van der Waals surface area contributed by atoms with Crippen LogP contribution in [0.1, 0.15) is 36.5 Å². The number of ether oxygens (including phenoxy) is 1. The number of nitrogens with one attached hydrogen (secondary N) is 2. The molecule has 0 unspecified atom stereocenters. The molecule has 2 heterocycles. The van der Waals surface area contributed by atoms with Crippen molar-refractivity contribution in [2.45, 2.75) is 43.2 Å². The first-order valence-corrected chi connectivity index (χ1v) is 10.7. The molecule has 0 aromatic heterocycles. The van der Waals surface area contributed by atoms with Gasteiger partial charge < -0.3 is 15.4 Å². The highest BCUT2D eigenvalue weighted by Gasteiger charge is 2.30. The van der Waals surface area contributed by atoms with E-state index in [2.05, 4.69) is 10.6 Å². The molecule has 2 fully saturated rings. The van der Waals surface area contributed by atoms with Gasteiger partial charge in [0, 0.05) is 37.8 Å². The number of amides is 1. The van der Waals surface area contributed by atoms with Gasteiger partial charge in [-0.2, -0.15) is 4.31 Å². The average Bonchev–Trinajstić information content (AvgIpc) is 3.15. The van der Waals surface area contributed by atoms with Gasteiger partial charge in [-0.1, -0.05) is 6.07 Å². The van der Waals surface area contributed by atoms with E-state index < -0.39 is 10.0 Å².